The maximum Gasteiger partial charge on any atom is 0.573 e. The Morgan fingerprint density at radius 3 is 2.19 bits per heavy atom. The predicted molar refractivity (Wildman–Crippen MR) is 113 cm³/mol. The van der Waals surface area contributed by atoms with Crippen molar-refractivity contribution in [3.8, 4) is 5.75 Å². The zero-order chi connectivity index (χ0) is 22.9. The van der Waals surface area contributed by atoms with Gasteiger partial charge in [0.15, 0.2) is 0 Å². The fraction of sp³-hybridized carbons (Fsp3) is 0.417. The van der Waals surface area contributed by atoms with Gasteiger partial charge in [-0.05, 0) is 75.0 Å². The molecule has 2 aliphatic heterocycles. The largest absolute Gasteiger partial charge is 0.573 e. The first-order valence-corrected chi connectivity index (χ1v) is 10.7. The molecule has 2 aromatic carbocycles. The lowest BCUT2D eigenvalue weighted by atomic mass is 9.89. The van der Waals surface area contributed by atoms with Crippen LogP contribution in [0, 0.1) is 12.8 Å². The summed E-state index contributed by atoms with van der Waals surface area (Å²) in [5.74, 6) is -0.190. The van der Waals surface area contributed by atoms with Gasteiger partial charge in [0.2, 0.25) is 5.91 Å². The van der Waals surface area contributed by atoms with Crippen molar-refractivity contribution in [3.05, 3.63) is 59.7 Å². The van der Waals surface area contributed by atoms with Crippen molar-refractivity contribution < 1.29 is 27.5 Å². The molecular weight excluding hydrogens is 421 g/mol. The van der Waals surface area contributed by atoms with Crippen molar-refractivity contribution >= 4 is 17.5 Å². The summed E-state index contributed by atoms with van der Waals surface area (Å²) in [6.07, 6.45) is -2.01. The minimum Gasteiger partial charge on any atom is -0.406 e. The van der Waals surface area contributed by atoms with E-state index in [4.69, 9.17) is 0 Å². The van der Waals surface area contributed by atoms with E-state index >= 15 is 0 Å². The number of anilines is 1. The molecule has 0 N–H and O–H groups in total. The number of benzene rings is 2. The fourth-order valence-corrected chi connectivity index (χ4v) is 4.50. The quantitative estimate of drug-likeness (QED) is 0.636. The summed E-state index contributed by atoms with van der Waals surface area (Å²) in [6.45, 7) is 3.38. The molecule has 1 unspecified atom stereocenters. The van der Waals surface area contributed by atoms with E-state index in [2.05, 4.69) is 9.64 Å². The normalized spacial score (nSPS) is 20.8. The third-order valence-electron chi connectivity index (χ3n) is 6.19. The van der Waals surface area contributed by atoms with Gasteiger partial charge in [0.25, 0.3) is 5.91 Å². The number of ether oxygens (including phenoxy) is 1. The van der Waals surface area contributed by atoms with Gasteiger partial charge in [0, 0.05) is 0 Å². The average molecular weight is 446 g/mol. The molecule has 2 amide bonds. The molecule has 0 bridgehead atoms. The molecule has 1 atom stereocenters. The van der Waals surface area contributed by atoms with E-state index in [0.29, 0.717) is 24.7 Å². The number of hydrogen-bond acceptors (Lipinski definition) is 4. The summed E-state index contributed by atoms with van der Waals surface area (Å²) in [5, 5.41) is 0. The first kappa shape index (κ1) is 22.3. The summed E-state index contributed by atoms with van der Waals surface area (Å²) in [5.41, 5.74) is 2.63. The summed E-state index contributed by atoms with van der Waals surface area (Å²) < 4.78 is 40.8. The van der Waals surface area contributed by atoms with E-state index < -0.39 is 12.4 Å². The molecule has 0 spiro atoms. The van der Waals surface area contributed by atoms with Gasteiger partial charge in [-0.2, -0.15) is 0 Å². The molecular formula is C24H25F3N2O3. The molecule has 8 heteroatoms. The Morgan fingerprint density at radius 2 is 1.59 bits per heavy atom. The number of likely N-dealkylation sites (tertiary alicyclic amines) is 1. The van der Waals surface area contributed by atoms with Crippen LogP contribution in [0.2, 0.25) is 0 Å². The highest BCUT2D eigenvalue weighted by Crippen LogP contribution is 2.30. The number of rotatable bonds is 5. The summed E-state index contributed by atoms with van der Waals surface area (Å²) >= 11 is 0. The maximum atomic E-state index is 13.0. The number of piperidine rings is 1. The standard InChI is InChI=1S/C24H25F3N2O3/c1-16-2-6-19(7-3-16)29-22(30)15-21(23(29)31)28-12-10-18(11-13-28)14-17-4-8-20(9-5-17)32-24(25,26)27/h2-9,18,21H,10-15H2,1H3. The molecule has 5 nitrogen and oxygen atoms in total. The van der Waals surface area contributed by atoms with Gasteiger partial charge >= 0.3 is 6.36 Å². The van der Waals surface area contributed by atoms with Gasteiger partial charge in [-0.25, -0.2) is 4.90 Å². The van der Waals surface area contributed by atoms with Crippen LogP contribution in [-0.2, 0) is 16.0 Å². The second-order valence-electron chi connectivity index (χ2n) is 8.50. The molecule has 170 valence electrons. The number of carbonyl (C=O) groups excluding carboxylic acids is 2. The Hall–Kier alpha value is -2.87. The van der Waals surface area contributed by atoms with Crippen LogP contribution in [0.25, 0.3) is 0 Å². The lowest BCUT2D eigenvalue weighted by Crippen LogP contribution is -2.46. The third-order valence-corrected chi connectivity index (χ3v) is 6.19. The lowest BCUT2D eigenvalue weighted by Gasteiger charge is -2.34. The highest BCUT2D eigenvalue weighted by atomic mass is 19.4. The monoisotopic (exact) mass is 446 g/mol. The Kier molecular flexibility index (Phi) is 6.24. The molecule has 0 aliphatic carbocycles. The van der Waals surface area contributed by atoms with E-state index in [1.165, 1.54) is 17.0 Å². The molecule has 2 aliphatic rings. The first-order chi connectivity index (χ1) is 15.2. The van der Waals surface area contributed by atoms with Crippen molar-refractivity contribution in [2.24, 2.45) is 5.92 Å². The van der Waals surface area contributed by atoms with Crippen molar-refractivity contribution in [2.75, 3.05) is 18.0 Å². The summed E-state index contributed by atoms with van der Waals surface area (Å²) in [7, 11) is 0. The Morgan fingerprint density at radius 1 is 0.969 bits per heavy atom. The number of hydrogen-bond donors (Lipinski definition) is 0. The molecule has 2 heterocycles. The van der Waals surface area contributed by atoms with E-state index in [1.807, 2.05) is 19.1 Å². The number of halogens is 3. The van der Waals surface area contributed by atoms with Crippen LogP contribution in [0.3, 0.4) is 0 Å². The molecule has 2 saturated heterocycles. The second kappa shape index (κ2) is 8.94. The summed E-state index contributed by atoms with van der Waals surface area (Å²) in [6, 6.07) is 12.9. The topological polar surface area (TPSA) is 49.9 Å². The van der Waals surface area contributed by atoms with Crippen molar-refractivity contribution in [1.82, 2.24) is 4.90 Å². The Labute approximate surface area is 184 Å². The van der Waals surface area contributed by atoms with E-state index in [0.717, 1.165) is 30.4 Å². The van der Waals surface area contributed by atoms with E-state index in [-0.39, 0.29) is 24.0 Å². The van der Waals surface area contributed by atoms with Gasteiger partial charge in [-0.3, -0.25) is 14.5 Å². The SMILES string of the molecule is Cc1ccc(N2C(=O)CC(N3CCC(Cc4ccc(OC(F)(F)F)cc4)CC3)C2=O)cc1. The minimum atomic E-state index is -4.69. The molecule has 4 rings (SSSR count). The maximum absolute atomic E-state index is 13.0. The molecule has 0 saturated carbocycles. The smallest absolute Gasteiger partial charge is 0.406 e. The van der Waals surface area contributed by atoms with Gasteiger partial charge in [-0.15, -0.1) is 13.2 Å². The van der Waals surface area contributed by atoms with E-state index in [1.54, 1.807) is 24.3 Å². The van der Waals surface area contributed by atoms with Crippen LogP contribution in [0.15, 0.2) is 48.5 Å². The Bertz CT molecular complexity index is 965. The van der Waals surface area contributed by atoms with Crippen LogP contribution in [0.1, 0.15) is 30.4 Å². The molecule has 2 fully saturated rings. The van der Waals surface area contributed by atoms with E-state index in [9.17, 15) is 22.8 Å². The first-order valence-electron chi connectivity index (χ1n) is 10.7. The van der Waals surface area contributed by atoms with Crippen LogP contribution >= 0.6 is 0 Å². The van der Waals surface area contributed by atoms with Crippen LogP contribution in [0.5, 0.6) is 5.75 Å². The highest BCUT2D eigenvalue weighted by molar-refractivity contribution is 6.22. The number of imide groups is 1. The minimum absolute atomic E-state index is 0.169. The number of carbonyl (C=O) groups is 2. The fourth-order valence-electron chi connectivity index (χ4n) is 4.50. The Balaban J connectivity index is 1.31. The third kappa shape index (κ3) is 5.12. The number of nitrogens with zero attached hydrogens (tertiary/aromatic N) is 2. The predicted octanol–water partition coefficient (Wildman–Crippen LogP) is 4.48. The summed E-state index contributed by atoms with van der Waals surface area (Å²) in [4.78, 5) is 28.9. The lowest BCUT2D eigenvalue weighted by molar-refractivity contribution is -0.274. The number of aryl methyl sites for hydroxylation is 1. The molecule has 0 radical (unpaired) electrons. The second-order valence-corrected chi connectivity index (χ2v) is 8.50. The van der Waals surface area contributed by atoms with Gasteiger partial charge in [-0.1, -0.05) is 29.8 Å². The zero-order valence-electron chi connectivity index (χ0n) is 17.8. The number of alkyl halides is 3. The van der Waals surface area contributed by atoms with Crippen LogP contribution < -0.4 is 9.64 Å². The zero-order valence-corrected chi connectivity index (χ0v) is 17.8. The van der Waals surface area contributed by atoms with Crippen molar-refractivity contribution in [2.45, 2.75) is 45.0 Å². The molecule has 0 aromatic heterocycles. The van der Waals surface area contributed by atoms with Crippen molar-refractivity contribution in [1.29, 1.82) is 0 Å². The van der Waals surface area contributed by atoms with Gasteiger partial charge in [0.1, 0.15) is 5.75 Å². The molecule has 32 heavy (non-hydrogen) atoms. The average Bonchev–Trinajstić information content (AvgIpc) is 3.04. The van der Waals surface area contributed by atoms with Crippen LogP contribution in [0.4, 0.5) is 18.9 Å². The van der Waals surface area contributed by atoms with Crippen molar-refractivity contribution in [3.63, 3.8) is 0 Å². The van der Waals surface area contributed by atoms with Crippen LogP contribution in [-0.4, -0.2) is 42.2 Å². The van der Waals surface area contributed by atoms with Gasteiger partial charge in [0.05, 0.1) is 18.2 Å². The highest BCUT2D eigenvalue weighted by Gasteiger charge is 2.43. The molecule has 2 aromatic rings. The number of amides is 2. The van der Waals surface area contributed by atoms with Gasteiger partial charge < -0.3 is 4.74 Å².